The molecule has 3 amide bonds. The summed E-state index contributed by atoms with van der Waals surface area (Å²) in [6, 6.07) is 28.6. The van der Waals surface area contributed by atoms with Crippen molar-refractivity contribution in [2.45, 2.75) is 12.5 Å². The van der Waals surface area contributed by atoms with Gasteiger partial charge in [0.25, 0.3) is 0 Å². The number of aliphatic hydroxyl groups is 1. The maximum absolute atomic E-state index is 12.6. The van der Waals surface area contributed by atoms with Gasteiger partial charge in [0.05, 0.1) is 36.0 Å². The standard InChI is InChI=1S/C36H29Cl2N5O4/c1-3-47-35(45)42-34(44)40-28-9-5-7-23(17-28)32-19-29(22-6-4-8-27(38)16-22)30-18-25(12-15-31(30)41-32)36(46,33-20-39-21-43(33)2)24-10-13-26(37)14-11-24/h4-21,46H,3H2,1-2H3,(H2,40,42,44,45). The van der Waals surface area contributed by atoms with Crippen LogP contribution in [0.15, 0.2) is 110 Å². The first kappa shape index (κ1) is 31.7. The lowest BCUT2D eigenvalue weighted by Gasteiger charge is -2.30. The fourth-order valence-corrected chi connectivity index (χ4v) is 5.85. The minimum atomic E-state index is -1.57. The van der Waals surface area contributed by atoms with Gasteiger partial charge in [-0.3, -0.25) is 0 Å². The van der Waals surface area contributed by atoms with Gasteiger partial charge < -0.3 is 19.7 Å². The Morgan fingerprint density at radius 1 is 0.894 bits per heavy atom. The van der Waals surface area contributed by atoms with E-state index in [9.17, 15) is 14.7 Å². The first-order valence-electron chi connectivity index (χ1n) is 14.7. The fraction of sp³-hybridized carbons (Fsp3) is 0.111. The lowest BCUT2D eigenvalue weighted by molar-refractivity contribution is 0.117. The van der Waals surface area contributed by atoms with Gasteiger partial charge in [0.2, 0.25) is 0 Å². The van der Waals surface area contributed by atoms with Crippen molar-refractivity contribution in [2.24, 2.45) is 7.05 Å². The van der Waals surface area contributed by atoms with E-state index in [-0.39, 0.29) is 6.61 Å². The van der Waals surface area contributed by atoms with Crippen molar-refractivity contribution in [3.63, 3.8) is 0 Å². The van der Waals surface area contributed by atoms with E-state index in [2.05, 4.69) is 15.6 Å². The number of benzene rings is 4. The first-order valence-corrected chi connectivity index (χ1v) is 15.4. The minimum Gasteiger partial charge on any atom is -0.450 e. The van der Waals surface area contributed by atoms with Crippen molar-refractivity contribution in [1.29, 1.82) is 0 Å². The number of alkyl carbamates (subject to hydrolysis) is 1. The van der Waals surface area contributed by atoms with Crippen molar-refractivity contribution < 1.29 is 19.4 Å². The van der Waals surface area contributed by atoms with Crippen LogP contribution in [0.3, 0.4) is 0 Å². The maximum Gasteiger partial charge on any atom is 0.415 e. The Balaban J connectivity index is 1.49. The zero-order valence-electron chi connectivity index (χ0n) is 25.4. The molecule has 3 N–H and O–H groups in total. The molecule has 0 radical (unpaired) electrons. The monoisotopic (exact) mass is 665 g/mol. The Morgan fingerprint density at radius 3 is 2.36 bits per heavy atom. The van der Waals surface area contributed by atoms with E-state index in [1.165, 1.54) is 0 Å². The Morgan fingerprint density at radius 2 is 1.64 bits per heavy atom. The van der Waals surface area contributed by atoms with Crippen molar-refractivity contribution in [2.75, 3.05) is 11.9 Å². The summed E-state index contributed by atoms with van der Waals surface area (Å²) in [4.78, 5) is 33.3. The number of fused-ring (bicyclic) bond motifs is 1. The molecular weight excluding hydrogens is 637 g/mol. The van der Waals surface area contributed by atoms with Crippen molar-refractivity contribution >= 4 is 51.9 Å². The number of rotatable bonds is 7. The molecule has 0 spiro atoms. The fourth-order valence-electron chi connectivity index (χ4n) is 5.53. The topological polar surface area (TPSA) is 118 Å². The molecule has 1 unspecified atom stereocenters. The predicted molar refractivity (Wildman–Crippen MR) is 184 cm³/mol. The second-order valence-corrected chi connectivity index (χ2v) is 11.7. The van der Waals surface area contributed by atoms with E-state index in [4.69, 9.17) is 32.9 Å². The molecule has 2 aromatic heterocycles. The number of amides is 3. The number of pyridine rings is 1. The lowest BCUT2D eigenvalue weighted by atomic mass is 9.82. The molecule has 2 heterocycles. The Kier molecular flexibility index (Phi) is 8.95. The molecular formula is C36H29Cl2N5O4. The van der Waals surface area contributed by atoms with E-state index in [0.29, 0.717) is 43.8 Å². The molecule has 1 atom stereocenters. The SMILES string of the molecule is CCOC(=O)NC(=O)Nc1cccc(-c2cc(-c3cccc(Cl)c3)c3cc(C(O)(c4ccc(Cl)cc4)c4cncn4C)ccc3n2)c1. The summed E-state index contributed by atoms with van der Waals surface area (Å²) in [5, 5.41) is 19.2. The number of imidazole rings is 1. The number of aryl methyl sites for hydroxylation is 1. The van der Waals surface area contributed by atoms with E-state index in [1.54, 1.807) is 72.5 Å². The van der Waals surface area contributed by atoms with Crippen LogP contribution in [0.2, 0.25) is 10.0 Å². The number of carbonyl (C=O) groups is 2. The van der Waals surface area contributed by atoms with Crippen LogP contribution in [0.5, 0.6) is 0 Å². The number of hydrogen-bond acceptors (Lipinski definition) is 6. The number of aromatic nitrogens is 3. The summed E-state index contributed by atoms with van der Waals surface area (Å²) >= 11 is 12.7. The highest BCUT2D eigenvalue weighted by Crippen LogP contribution is 2.40. The van der Waals surface area contributed by atoms with Gasteiger partial charge >= 0.3 is 12.1 Å². The van der Waals surface area contributed by atoms with Gasteiger partial charge in [-0.15, -0.1) is 0 Å². The largest absolute Gasteiger partial charge is 0.450 e. The summed E-state index contributed by atoms with van der Waals surface area (Å²) < 4.78 is 6.56. The zero-order valence-corrected chi connectivity index (χ0v) is 26.9. The number of halogens is 2. The number of ether oxygens (including phenoxy) is 1. The molecule has 0 aliphatic carbocycles. The van der Waals surface area contributed by atoms with Gasteiger partial charge in [0.15, 0.2) is 5.60 Å². The van der Waals surface area contributed by atoms with Crippen LogP contribution >= 0.6 is 23.2 Å². The molecule has 4 aromatic carbocycles. The number of imide groups is 1. The molecule has 236 valence electrons. The van der Waals surface area contributed by atoms with Crippen molar-refractivity contribution in [3.05, 3.63) is 136 Å². The summed E-state index contributed by atoms with van der Waals surface area (Å²) in [7, 11) is 1.83. The van der Waals surface area contributed by atoms with Gasteiger partial charge in [-0.05, 0) is 83.8 Å². The molecule has 0 bridgehead atoms. The molecule has 47 heavy (non-hydrogen) atoms. The van der Waals surface area contributed by atoms with Crippen LogP contribution in [0.4, 0.5) is 15.3 Å². The van der Waals surface area contributed by atoms with Gasteiger partial charge in [-0.25, -0.2) is 24.9 Å². The number of hydrogen-bond donors (Lipinski definition) is 3. The molecule has 0 saturated carbocycles. The third kappa shape index (κ3) is 6.55. The molecule has 6 aromatic rings. The average Bonchev–Trinajstić information content (AvgIpc) is 3.50. The third-order valence-electron chi connectivity index (χ3n) is 7.72. The second-order valence-electron chi connectivity index (χ2n) is 10.8. The van der Waals surface area contributed by atoms with Crippen LogP contribution in [0.25, 0.3) is 33.3 Å². The molecule has 0 aliphatic rings. The van der Waals surface area contributed by atoms with E-state index in [0.717, 1.165) is 22.1 Å². The van der Waals surface area contributed by atoms with E-state index < -0.39 is 17.7 Å². The molecule has 9 nitrogen and oxygen atoms in total. The number of nitrogens with zero attached hydrogens (tertiary/aromatic N) is 3. The zero-order chi connectivity index (χ0) is 33.1. The summed E-state index contributed by atoms with van der Waals surface area (Å²) in [6.07, 6.45) is 2.45. The number of urea groups is 1. The normalized spacial score (nSPS) is 12.4. The molecule has 11 heteroatoms. The molecule has 0 fully saturated rings. The van der Waals surface area contributed by atoms with Gasteiger partial charge in [0.1, 0.15) is 0 Å². The van der Waals surface area contributed by atoms with Crippen LogP contribution in [0.1, 0.15) is 23.7 Å². The average molecular weight is 667 g/mol. The summed E-state index contributed by atoms with van der Waals surface area (Å²) in [6.45, 7) is 1.79. The van der Waals surface area contributed by atoms with Crippen LogP contribution in [-0.4, -0.2) is 38.4 Å². The van der Waals surface area contributed by atoms with E-state index >= 15 is 0 Å². The third-order valence-corrected chi connectivity index (χ3v) is 8.21. The summed E-state index contributed by atoms with van der Waals surface area (Å²) in [5.41, 5.74) is 4.39. The quantitative estimate of drug-likeness (QED) is 0.158. The van der Waals surface area contributed by atoms with Crippen LogP contribution in [-0.2, 0) is 17.4 Å². The van der Waals surface area contributed by atoms with Gasteiger partial charge in [0, 0.05) is 33.7 Å². The Hall–Kier alpha value is -5.22. The highest BCUT2D eigenvalue weighted by atomic mass is 35.5. The maximum atomic E-state index is 12.6. The summed E-state index contributed by atoms with van der Waals surface area (Å²) in [5.74, 6) is 0. The Bertz CT molecular complexity index is 2120. The number of anilines is 1. The van der Waals surface area contributed by atoms with E-state index in [1.807, 2.05) is 55.6 Å². The molecule has 6 rings (SSSR count). The predicted octanol–water partition coefficient (Wildman–Crippen LogP) is 8.17. The molecule has 0 saturated heterocycles. The lowest BCUT2D eigenvalue weighted by Crippen LogP contribution is -2.34. The van der Waals surface area contributed by atoms with Gasteiger partial charge in [-0.2, -0.15) is 0 Å². The smallest absolute Gasteiger partial charge is 0.415 e. The first-order chi connectivity index (χ1) is 22.6. The van der Waals surface area contributed by atoms with Gasteiger partial charge in [-0.1, -0.05) is 65.7 Å². The van der Waals surface area contributed by atoms with Crippen LogP contribution in [0, 0.1) is 0 Å². The minimum absolute atomic E-state index is 0.141. The van der Waals surface area contributed by atoms with Crippen LogP contribution < -0.4 is 10.6 Å². The highest BCUT2D eigenvalue weighted by molar-refractivity contribution is 6.31. The Labute approximate surface area is 280 Å². The van der Waals surface area contributed by atoms with Crippen molar-refractivity contribution in [3.8, 4) is 22.4 Å². The highest BCUT2D eigenvalue weighted by Gasteiger charge is 2.37. The second kappa shape index (κ2) is 13.3. The number of carbonyl (C=O) groups excluding carboxylic acids is 2. The molecule has 0 aliphatic heterocycles. The van der Waals surface area contributed by atoms with Crippen molar-refractivity contribution in [1.82, 2.24) is 19.9 Å². The number of nitrogens with one attached hydrogen (secondary N) is 2.